The average Bonchev–Trinajstić information content (AvgIpc) is 3.17. The molecule has 3 aromatic rings. The zero-order valence-electron chi connectivity index (χ0n) is 19.4. The number of hydrogen-bond donors (Lipinski definition) is 1. The highest BCUT2D eigenvalue weighted by atomic mass is 16.6. The van der Waals surface area contributed by atoms with E-state index in [0.717, 1.165) is 28.4 Å². The van der Waals surface area contributed by atoms with Crippen molar-refractivity contribution in [3.8, 4) is 17.0 Å². The van der Waals surface area contributed by atoms with Gasteiger partial charge in [0.2, 0.25) is 0 Å². The van der Waals surface area contributed by atoms with Crippen LogP contribution >= 0.6 is 0 Å². The Bertz CT molecular complexity index is 1010. The molecule has 0 bridgehead atoms. The number of rotatable bonds is 9. The minimum atomic E-state index is -0.475. The van der Waals surface area contributed by atoms with E-state index in [-0.39, 0.29) is 12.0 Å². The van der Waals surface area contributed by atoms with Crippen LogP contribution in [0.2, 0.25) is 0 Å². The maximum Gasteiger partial charge on any atom is 0.306 e. The highest BCUT2D eigenvalue weighted by Crippen LogP contribution is 2.25. The summed E-state index contributed by atoms with van der Waals surface area (Å²) in [5, 5.41) is 0. The molecule has 0 radical (unpaired) electrons. The first-order valence-electron chi connectivity index (χ1n) is 11.0. The van der Waals surface area contributed by atoms with Gasteiger partial charge in [-0.25, -0.2) is 4.98 Å². The maximum atomic E-state index is 12.1. The van der Waals surface area contributed by atoms with Gasteiger partial charge < -0.3 is 19.8 Å². The van der Waals surface area contributed by atoms with Crippen LogP contribution in [-0.2, 0) is 22.5 Å². The average molecular weight is 436 g/mol. The molecule has 0 saturated heterocycles. The number of aryl methyl sites for hydroxylation is 1. The lowest BCUT2D eigenvalue weighted by molar-refractivity contribution is -0.154. The predicted octanol–water partition coefficient (Wildman–Crippen LogP) is 4.92. The molecule has 1 unspecified atom stereocenters. The number of nitrogens with two attached hydrogens (primary N) is 1. The lowest BCUT2D eigenvalue weighted by Gasteiger charge is -2.19. The molecule has 0 fully saturated rings. The van der Waals surface area contributed by atoms with Crippen molar-refractivity contribution >= 4 is 5.97 Å². The highest BCUT2D eigenvalue weighted by Gasteiger charge is 2.19. The fourth-order valence-electron chi connectivity index (χ4n) is 3.55. The Morgan fingerprint density at radius 1 is 1.09 bits per heavy atom. The Morgan fingerprint density at radius 3 is 2.41 bits per heavy atom. The number of carbonyl (C=O) groups is 1. The maximum absolute atomic E-state index is 12.1. The van der Waals surface area contributed by atoms with Gasteiger partial charge in [0.05, 0.1) is 18.8 Å². The zero-order valence-corrected chi connectivity index (χ0v) is 19.4. The van der Waals surface area contributed by atoms with Gasteiger partial charge in [0.1, 0.15) is 17.2 Å². The molecule has 1 aromatic heterocycles. The molecule has 0 aliphatic carbocycles. The summed E-state index contributed by atoms with van der Waals surface area (Å²) < 4.78 is 12.8. The van der Waals surface area contributed by atoms with Gasteiger partial charge in [0.25, 0.3) is 0 Å². The van der Waals surface area contributed by atoms with Gasteiger partial charge in [-0.1, -0.05) is 30.3 Å². The highest BCUT2D eigenvalue weighted by molar-refractivity contribution is 5.69. The van der Waals surface area contributed by atoms with Gasteiger partial charge in [-0.2, -0.15) is 0 Å². The lowest BCUT2D eigenvalue weighted by Crippen LogP contribution is -2.24. The van der Waals surface area contributed by atoms with Gasteiger partial charge >= 0.3 is 5.97 Å². The number of imidazole rings is 1. The fraction of sp³-hybridized carbons (Fsp3) is 0.385. The van der Waals surface area contributed by atoms with Crippen molar-refractivity contribution in [3.63, 3.8) is 0 Å². The Balaban J connectivity index is 1.78. The molecular weight excluding hydrogens is 402 g/mol. The zero-order chi connectivity index (χ0) is 23.1. The molecule has 1 atom stereocenters. The number of benzene rings is 2. The lowest BCUT2D eigenvalue weighted by atomic mass is 10.1. The number of ether oxygens (including phenoxy) is 2. The molecule has 6 nitrogen and oxygen atoms in total. The summed E-state index contributed by atoms with van der Waals surface area (Å²) in [7, 11) is 1.65. The molecule has 2 N–H and O–H groups in total. The van der Waals surface area contributed by atoms with Crippen LogP contribution in [0.5, 0.6) is 5.75 Å². The van der Waals surface area contributed by atoms with Crippen molar-refractivity contribution < 1.29 is 14.3 Å². The second kappa shape index (κ2) is 10.5. The second-order valence-electron chi connectivity index (χ2n) is 8.89. The van der Waals surface area contributed by atoms with Crippen molar-refractivity contribution in [1.29, 1.82) is 0 Å². The largest absolute Gasteiger partial charge is 0.497 e. The Kier molecular flexibility index (Phi) is 7.70. The smallest absolute Gasteiger partial charge is 0.306 e. The summed E-state index contributed by atoms with van der Waals surface area (Å²) >= 11 is 0. The summed E-state index contributed by atoms with van der Waals surface area (Å²) in [5.41, 5.74) is 9.11. The summed E-state index contributed by atoms with van der Waals surface area (Å²) in [6, 6.07) is 17.7. The number of esters is 1. The molecule has 1 heterocycles. The minimum Gasteiger partial charge on any atom is -0.497 e. The fourth-order valence-corrected chi connectivity index (χ4v) is 3.55. The van der Waals surface area contributed by atoms with Crippen LogP contribution in [0, 0.1) is 0 Å². The molecule has 170 valence electrons. The quantitative estimate of drug-likeness (QED) is 0.483. The first kappa shape index (κ1) is 23.5. The minimum absolute atomic E-state index is 0.192. The van der Waals surface area contributed by atoms with Crippen molar-refractivity contribution in [1.82, 2.24) is 9.55 Å². The van der Waals surface area contributed by atoms with Crippen LogP contribution in [0.3, 0.4) is 0 Å². The third-order valence-electron chi connectivity index (χ3n) is 5.02. The second-order valence-corrected chi connectivity index (χ2v) is 8.89. The molecule has 0 amide bonds. The van der Waals surface area contributed by atoms with E-state index in [1.54, 1.807) is 7.11 Å². The van der Waals surface area contributed by atoms with Crippen LogP contribution < -0.4 is 10.5 Å². The van der Waals surface area contributed by atoms with Crippen molar-refractivity contribution in [2.24, 2.45) is 5.73 Å². The van der Waals surface area contributed by atoms with Crippen molar-refractivity contribution in [2.45, 2.75) is 58.2 Å². The summed E-state index contributed by atoms with van der Waals surface area (Å²) in [6.45, 7) is 6.27. The van der Waals surface area contributed by atoms with Gasteiger partial charge in [-0.3, -0.25) is 4.79 Å². The molecule has 0 aliphatic heterocycles. The molecule has 0 aliphatic rings. The van der Waals surface area contributed by atoms with E-state index in [4.69, 9.17) is 20.2 Å². The van der Waals surface area contributed by atoms with Crippen molar-refractivity contribution in [2.75, 3.05) is 7.11 Å². The molecule has 2 aromatic carbocycles. The molecule has 0 saturated carbocycles. The number of carbonyl (C=O) groups excluding carboxylic acids is 1. The number of nitrogens with zero attached hydrogens (tertiary/aromatic N) is 2. The van der Waals surface area contributed by atoms with Crippen molar-refractivity contribution in [3.05, 3.63) is 72.2 Å². The molecular formula is C26H33N3O3. The third-order valence-corrected chi connectivity index (χ3v) is 5.02. The van der Waals surface area contributed by atoms with E-state index >= 15 is 0 Å². The molecule has 6 heteroatoms. The summed E-state index contributed by atoms with van der Waals surface area (Å²) in [4.78, 5) is 17.0. The van der Waals surface area contributed by atoms with Crippen LogP contribution in [0.15, 0.2) is 60.8 Å². The van der Waals surface area contributed by atoms with E-state index in [1.807, 2.05) is 69.4 Å². The molecule has 0 spiro atoms. The predicted molar refractivity (Wildman–Crippen MR) is 126 cm³/mol. The number of aromatic nitrogens is 2. The topological polar surface area (TPSA) is 79.4 Å². The third kappa shape index (κ3) is 6.69. The first-order valence-corrected chi connectivity index (χ1v) is 11.0. The Labute approximate surface area is 190 Å². The van der Waals surface area contributed by atoms with Gasteiger partial charge in [0.15, 0.2) is 0 Å². The van der Waals surface area contributed by atoms with Crippen LogP contribution in [0.1, 0.15) is 51.0 Å². The Hall–Kier alpha value is -3.12. The van der Waals surface area contributed by atoms with Crippen LogP contribution in [0.4, 0.5) is 0 Å². The SMILES string of the molecule is COc1ccc(-c2cn(CCCC(=O)OC(C)(C)C)c(C(N)Cc3ccccc3)n2)cc1. The van der Waals surface area contributed by atoms with Gasteiger partial charge in [-0.15, -0.1) is 0 Å². The van der Waals surface area contributed by atoms with E-state index < -0.39 is 5.60 Å². The normalized spacial score (nSPS) is 12.4. The van der Waals surface area contributed by atoms with E-state index in [9.17, 15) is 4.79 Å². The van der Waals surface area contributed by atoms with Gasteiger partial charge in [-0.05, 0) is 63.4 Å². The van der Waals surface area contributed by atoms with Crippen LogP contribution in [-0.4, -0.2) is 28.2 Å². The first-order chi connectivity index (χ1) is 15.2. The molecule has 32 heavy (non-hydrogen) atoms. The monoisotopic (exact) mass is 435 g/mol. The van der Waals surface area contributed by atoms with Crippen LogP contribution in [0.25, 0.3) is 11.3 Å². The van der Waals surface area contributed by atoms with E-state index in [2.05, 4.69) is 16.7 Å². The summed E-state index contributed by atoms with van der Waals surface area (Å²) in [6.07, 6.45) is 3.70. The Morgan fingerprint density at radius 2 is 1.78 bits per heavy atom. The number of methoxy groups -OCH3 is 1. The van der Waals surface area contributed by atoms with E-state index in [1.165, 1.54) is 0 Å². The molecule has 3 rings (SSSR count). The standard InChI is InChI=1S/C26H33N3O3/c1-26(2,3)32-24(30)11-8-16-29-18-23(20-12-14-21(31-4)15-13-20)28-25(29)22(27)17-19-9-6-5-7-10-19/h5-7,9-10,12-15,18,22H,8,11,16-17,27H2,1-4H3. The number of hydrogen-bond acceptors (Lipinski definition) is 5. The van der Waals surface area contributed by atoms with E-state index in [0.29, 0.717) is 25.8 Å². The summed E-state index contributed by atoms with van der Waals surface area (Å²) in [5.74, 6) is 1.42. The van der Waals surface area contributed by atoms with Gasteiger partial charge in [0, 0.05) is 24.7 Å².